The molecule has 1 fully saturated rings. The Balaban J connectivity index is 2.74. The summed E-state index contributed by atoms with van der Waals surface area (Å²) in [7, 11) is 0. The van der Waals surface area contributed by atoms with Crippen molar-refractivity contribution in [1.29, 1.82) is 0 Å². The van der Waals surface area contributed by atoms with Crippen LogP contribution in [0.2, 0.25) is 0 Å². The second-order valence-electron chi connectivity index (χ2n) is 5.55. The highest BCUT2D eigenvalue weighted by molar-refractivity contribution is 5.89. The standard InChI is InChI=1S/C14H26N2O3/c1-4-19-12(17)10-16(11(2)3)13(18)14(15)8-6-5-7-9-14/h11H,4-10,15H2,1-3H3. The first-order valence-corrected chi connectivity index (χ1v) is 7.16. The SMILES string of the molecule is CCOC(=O)CN(C(=O)C1(N)CCCCC1)C(C)C. The van der Waals surface area contributed by atoms with Gasteiger partial charge in [0.1, 0.15) is 6.54 Å². The fourth-order valence-corrected chi connectivity index (χ4v) is 2.52. The van der Waals surface area contributed by atoms with Crippen LogP contribution >= 0.6 is 0 Å². The Bertz CT molecular complexity index is 323. The maximum Gasteiger partial charge on any atom is 0.325 e. The maximum absolute atomic E-state index is 12.6. The lowest BCUT2D eigenvalue weighted by Gasteiger charge is -2.38. The quantitative estimate of drug-likeness (QED) is 0.767. The molecule has 110 valence electrons. The third-order valence-electron chi connectivity index (χ3n) is 3.66. The summed E-state index contributed by atoms with van der Waals surface area (Å²) in [5, 5.41) is 0. The van der Waals surface area contributed by atoms with Crippen LogP contribution in [-0.2, 0) is 14.3 Å². The van der Waals surface area contributed by atoms with Gasteiger partial charge in [0.2, 0.25) is 5.91 Å². The highest BCUT2D eigenvalue weighted by Crippen LogP contribution is 2.28. The fourth-order valence-electron chi connectivity index (χ4n) is 2.52. The summed E-state index contributed by atoms with van der Waals surface area (Å²) >= 11 is 0. The van der Waals surface area contributed by atoms with Gasteiger partial charge in [-0.3, -0.25) is 9.59 Å². The first-order valence-electron chi connectivity index (χ1n) is 7.16. The van der Waals surface area contributed by atoms with Gasteiger partial charge >= 0.3 is 5.97 Å². The van der Waals surface area contributed by atoms with Crippen LogP contribution in [0, 0.1) is 0 Å². The third-order valence-corrected chi connectivity index (χ3v) is 3.66. The van der Waals surface area contributed by atoms with Crippen LogP contribution in [0.3, 0.4) is 0 Å². The van der Waals surface area contributed by atoms with Gasteiger partial charge in [-0.05, 0) is 33.6 Å². The van der Waals surface area contributed by atoms with E-state index >= 15 is 0 Å². The zero-order valence-electron chi connectivity index (χ0n) is 12.3. The van der Waals surface area contributed by atoms with E-state index < -0.39 is 5.54 Å². The summed E-state index contributed by atoms with van der Waals surface area (Å²) in [5.41, 5.74) is 5.45. The second-order valence-corrected chi connectivity index (χ2v) is 5.55. The fraction of sp³-hybridized carbons (Fsp3) is 0.857. The maximum atomic E-state index is 12.6. The van der Waals surface area contributed by atoms with Crippen molar-refractivity contribution < 1.29 is 14.3 Å². The highest BCUT2D eigenvalue weighted by atomic mass is 16.5. The van der Waals surface area contributed by atoms with E-state index in [0.717, 1.165) is 19.3 Å². The lowest BCUT2D eigenvalue weighted by atomic mass is 9.81. The molecule has 19 heavy (non-hydrogen) atoms. The molecule has 0 saturated heterocycles. The van der Waals surface area contributed by atoms with Gasteiger partial charge < -0.3 is 15.4 Å². The number of hydrogen-bond acceptors (Lipinski definition) is 4. The van der Waals surface area contributed by atoms with Crippen LogP contribution < -0.4 is 5.73 Å². The smallest absolute Gasteiger partial charge is 0.325 e. The molecule has 2 N–H and O–H groups in total. The molecule has 0 aliphatic heterocycles. The molecular weight excluding hydrogens is 244 g/mol. The molecule has 0 aromatic heterocycles. The monoisotopic (exact) mass is 270 g/mol. The predicted molar refractivity (Wildman–Crippen MR) is 73.5 cm³/mol. The minimum Gasteiger partial charge on any atom is -0.465 e. The van der Waals surface area contributed by atoms with Gasteiger partial charge in [-0.2, -0.15) is 0 Å². The van der Waals surface area contributed by atoms with Crippen LogP contribution in [0.25, 0.3) is 0 Å². The van der Waals surface area contributed by atoms with E-state index in [2.05, 4.69) is 0 Å². The van der Waals surface area contributed by atoms with Crippen molar-refractivity contribution >= 4 is 11.9 Å². The van der Waals surface area contributed by atoms with Crippen molar-refractivity contribution in [2.45, 2.75) is 64.5 Å². The average molecular weight is 270 g/mol. The lowest BCUT2D eigenvalue weighted by Crippen LogP contribution is -2.58. The minimum absolute atomic E-state index is 0.0106. The molecule has 0 bridgehead atoms. The molecule has 0 radical (unpaired) electrons. The minimum atomic E-state index is -0.797. The van der Waals surface area contributed by atoms with Gasteiger partial charge in [0, 0.05) is 6.04 Å². The van der Waals surface area contributed by atoms with Crippen LogP contribution in [0.4, 0.5) is 0 Å². The van der Waals surface area contributed by atoms with Gasteiger partial charge in [0.15, 0.2) is 0 Å². The third kappa shape index (κ3) is 4.20. The molecule has 5 nitrogen and oxygen atoms in total. The number of carbonyl (C=O) groups is 2. The zero-order valence-corrected chi connectivity index (χ0v) is 12.3. The Hall–Kier alpha value is -1.10. The van der Waals surface area contributed by atoms with E-state index in [0.29, 0.717) is 19.4 Å². The van der Waals surface area contributed by atoms with Gasteiger partial charge in [0.05, 0.1) is 12.1 Å². The Morgan fingerprint density at radius 3 is 2.32 bits per heavy atom. The van der Waals surface area contributed by atoms with E-state index in [-0.39, 0.29) is 24.5 Å². The summed E-state index contributed by atoms with van der Waals surface area (Å²) in [6.45, 7) is 5.85. The summed E-state index contributed by atoms with van der Waals surface area (Å²) in [6.07, 6.45) is 4.50. The molecule has 5 heteroatoms. The van der Waals surface area contributed by atoms with E-state index in [9.17, 15) is 9.59 Å². The number of carbonyl (C=O) groups excluding carboxylic acids is 2. The second kappa shape index (κ2) is 6.89. The average Bonchev–Trinajstić information content (AvgIpc) is 2.36. The van der Waals surface area contributed by atoms with Crippen molar-refractivity contribution in [2.75, 3.05) is 13.2 Å². The summed E-state index contributed by atoms with van der Waals surface area (Å²) in [4.78, 5) is 25.7. The van der Waals surface area contributed by atoms with Crippen LogP contribution in [0.1, 0.15) is 52.9 Å². The molecule has 1 aliphatic rings. The lowest BCUT2D eigenvalue weighted by molar-refractivity contribution is -0.152. The van der Waals surface area contributed by atoms with E-state index in [1.54, 1.807) is 11.8 Å². The molecular formula is C14H26N2O3. The molecule has 0 unspecified atom stereocenters. The molecule has 0 spiro atoms. The van der Waals surface area contributed by atoms with Crippen molar-refractivity contribution in [3.63, 3.8) is 0 Å². The number of rotatable bonds is 5. The molecule has 0 aromatic rings. The number of nitrogens with zero attached hydrogens (tertiary/aromatic N) is 1. The van der Waals surface area contributed by atoms with Gasteiger partial charge in [-0.25, -0.2) is 0 Å². The van der Waals surface area contributed by atoms with Crippen LogP contribution in [0.15, 0.2) is 0 Å². The van der Waals surface area contributed by atoms with E-state index in [4.69, 9.17) is 10.5 Å². The van der Waals surface area contributed by atoms with E-state index in [1.165, 1.54) is 0 Å². The molecule has 1 saturated carbocycles. The molecule has 1 aliphatic carbocycles. The van der Waals surface area contributed by atoms with Crippen molar-refractivity contribution in [3.05, 3.63) is 0 Å². The number of amides is 1. The van der Waals surface area contributed by atoms with Crippen molar-refractivity contribution in [1.82, 2.24) is 4.90 Å². The first kappa shape index (κ1) is 16.0. The zero-order chi connectivity index (χ0) is 14.5. The Morgan fingerprint density at radius 2 is 1.84 bits per heavy atom. The summed E-state index contributed by atoms with van der Waals surface area (Å²) in [6, 6.07) is -0.0562. The molecule has 1 rings (SSSR count). The van der Waals surface area contributed by atoms with Crippen molar-refractivity contribution in [2.24, 2.45) is 5.73 Å². The number of esters is 1. The number of ether oxygens (including phenoxy) is 1. The van der Waals surface area contributed by atoms with Crippen molar-refractivity contribution in [3.8, 4) is 0 Å². The predicted octanol–water partition coefficient (Wildman–Crippen LogP) is 1.45. The van der Waals surface area contributed by atoms with Crippen LogP contribution in [-0.4, -0.2) is 41.5 Å². The normalized spacial score (nSPS) is 18.2. The Labute approximate surface area is 115 Å². The largest absolute Gasteiger partial charge is 0.465 e. The summed E-state index contributed by atoms with van der Waals surface area (Å²) < 4.78 is 4.92. The van der Waals surface area contributed by atoms with Gasteiger partial charge in [0.25, 0.3) is 0 Å². The Morgan fingerprint density at radius 1 is 1.26 bits per heavy atom. The van der Waals surface area contributed by atoms with Gasteiger partial charge in [-0.1, -0.05) is 19.3 Å². The molecule has 0 heterocycles. The Kier molecular flexibility index (Phi) is 5.79. The molecule has 1 amide bonds. The number of nitrogens with two attached hydrogens (primary N) is 1. The van der Waals surface area contributed by atoms with Crippen LogP contribution in [0.5, 0.6) is 0 Å². The summed E-state index contributed by atoms with van der Waals surface area (Å²) in [5.74, 6) is -0.487. The van der Waals surface area contributed by atoms with E-state index in [1.807, 2.05) is 13.8 Å². The molecule has 0 atom stereocenters. The molecule has 0 aromatic carbocycles. The number of hydrogen-bond donors (Lipinski definition) is 1. The topological polar surface area (TPSA) is 72.6 Å². The van der Waals surface area contributed by atoms with Gasteiger partial charge in [-0.15, -0.1) is 0 Å². The first-order chi connectivity index (χ1) is 8.90. The highest BCUT2D eigenvalue weighted by Gasteiger charge is 2.39.